The van der Waals surface area contributed by atoms with E-state index in [1.54, 1.807) is 12.4 Å². The highest BCUT2D eigenvalue weighted by Crippen LogP contribution is 2.25. The zero-order valence-electron chi connectivity index (χ0n) is 11.9. The molecule has 0 unspecified atom stereocenters. The molecule has 0 saturated carbocycles. The van der Waals surface area contributed by atoms with E-state index in [0.29, 0.717) is 10.3 Å². The highest BCUT2D eigenvalue weighted by atomic mass is 32.1. The topological polar surface area (TPSA) is 101 Å². The number of thiazole rings is 1. The normalized spacial score (nSPS) is 12.3. The molecule has 0 bridgehead atoms. The van der Waals surface area contributed by atoms with Crippen LogP contribution in [-0.4, -0.2) is 31.0 Å². The molecule has 3 rings (SSSR count). The van der Waals surface area contributed by atoms with E-state index >= 15 is 0 Å². The molecule has 112 valence electrons. The number of anilines is 1. The second-order valence-electron chi connectivity index (χ2n) is 4.74. The maximum Gasteiger partial charge on any atom is 0.356 e. The van der Waals surface area contributed by atoms with Crippen LogP contribution in [0.4, 0.5) is 5.95 Å². The molecule has 0 aromatic carbocycles. The molecular formula is C14H13N5O2S. The molecule has 7 nitrogen and oxygen atoms in total. The summed E-state index contributed by atoms with van der Waals surface area (Å²) in [4.78, 5) is 28.1. The Kier molecular flexibility index (Phi) is 3.68. The smallest absolute Gasteiger partial charge is 0.356 e. The summed E-state index contributed by atoms with van der Waals surface area (Å²) in [7, 11) is 0. The number of nitrogens with zero attached hydrogens (tertiary/aromatic N) is 4. The highest BCUT2D eigenvalue weighted by molar-refractivity contribution is 7.18. The minimum atomic E-state index is -1.09. The van der Waals surface area contributed by atoms with Crippen molar-refractivity contribution >= 4 is 33.6 Å². The van der Waals surface area contributed by atoms with E-state index in [4.69, 9.17) is 0 Å². The van der Waals surface area contributed by atoms with Gasteiger partial charge in [0.15, 0.2) is 11.3 Å². The fourth-order valence-electron chi connectivity index (χ4n) is 2.05. The first-order chi connectivity index (χ1) is 10.5. The standard InChI is InChI=1S/C14H13N5O2S/c1-7(9-4-3-5-15-6-9)16-14-18-10(13(20)21)11-12(19-14)17-8(2)22-11/h3-7H,1-2H3,(H,20,21)(H,16,18,19)/t7-/m0/s1. The molecule has 3 aromatic heterocycles. The maximum absolute atomic E-state index is 11.4. The Hall–Kier alpha value is -2.61. The summed E-state index contributed by atoms with van der Waals surface area (Å²) in [6, 6.07) is 3.66. The minimum absolute atomic E-state index is 0.0310. The predicted octanol–water partition coefficient (Wildman–Crippen LogP) is 2.66. The lowest BCUT2D eigenvalue weighted by Gasteiger charge is -2.13. The van der Waals surface area contributed by atoms with Gasteiger partial charge in [0, 0.05) is 12.4 Å². The van der Waals surface area contributed by atoms with Gasteiger partial charge in [0.05, 0.1) is 11.0 Å². The Morgan fingerprint density at radius 3 is 2.86 bits per heavy atom. The largest absolute Gasteiger partial charge is 0.476 e. The summed E-state index contributed by atoms with van der Waals surface area (Å²) in [5.74, 6) is -0.848. The van der Waals surface area contributed by atoms with Crippen LogP contribution in [0.25, 0.3) is 10.3 Å². The van der Waals surface area contributed by atoms with Crippen molar-refractivity contribution in [3.63, 3.8) is 0 Å². The van der Waals surface area contributed by atoms with Crippen molar-refractivity contribution in [3.05, 3.63) is 40.8 Å². The van der Waals surface area contributed by atoms with Gasteiger partial charge >= 0.3 is 5.97 Å². The van der Waals surface area contributed by atoms with Crippen molar-refractivity contribution in [1.82, 2.24) is 19.9 Å². The zero-order chi connectivity index (χ0) is 15.7. The molecule has 22 heavy (non-hydrogen) atoms. The SMILES string of the molecule is Cc1nc2nc(N[C@@H](C)c3cccnc3)nc(C(=O)O)c2s1. The number of carbonyl (C=O) groups is 1. The van der Waals surface area contributed by atoms with Gasteiger partial charge in [-0.2, -0.15) is 4.98 Å². The van der Waals surface area contributed by atoms with E-state index in [9.17, 15) is 9.90 Å². The first-order valence-corrected chi connectivity index (χ1v) is 7.41. The van der Waals surface area contributed by atoms with Crippen LogP contribution in [0.2, 0.25) is 0 Å². The molecule has 2 N–H and O–H groups in total. The number of rotatable bonds is 4. The van der Waals surface area contributed by atoms with Gasteiger partial charge in [0.1, 0.15) is 4.70 Å². The Labute approximate surface area is 130 Å². The van der Waals surface area contributed by atoms with Crippen LogP contribution in [0.1, 0.15) is 34.0 Å². The van der Waals surface area contributed by atoms with Gasteiger partial charge in [0.2, 0.25) is 5.95 Å². The van der Waals surface area contributed by atoms with E-state index in [1.165, 1.54) is 11.3 Å². The summed E-state index contributed by atoms with van der Waals surface area (Å²) in [6.45, 7) is 3.74. The third-order valence-corrected chi connectivity index (χ3v) is 4.06. The second-order valence-corrected chi connectivity index (χ2v) is 5.94. The first kappa shape index (κ1) is 14.3. The van der Waals surface area contributed by atoms with Crippen LogP contribution < -0.4 is 5.32 Å². The Morgan fingerprint density at radius 2 is 2.18 bits per heavy atom. The molecule has 0 amide bonds. The van der Waals surface area contributed by atoms with Crippen LogP contribution in [0.3, 0.4) is 0 Å². The van der Waals surface area contributed by atoms with Crippen molar-refractivity contribution in [2.45, 2.75) is 19.9 Å². The van der Waals surface area contributed by atoms with Gasteiger partial charge in [-0.3, -0.25) is 4.98 Å². The molecule has 0 aliphatic heterocycles. The van der Waals surface area contributed by atoms with Crippen molar-refractivity contribution < 1.29 is 9.90 Å². The lowest BCUT2D eigenvalue weighted by Crippen LogP contribution is -2.12. The second kappa shape index (κ2) is 5.64. The summed E-state index contributed by atoms with van der Waals surface area (Å²) in [6.07, 6.45) is 3.43. The third kappa shape index (κ3) is 2.73. The number of hydrogen-bond acceptors (Lipinski definition) is 7. The minimum Gasteiger partial charge on any atom is -0.476 e. The maximum atomic E-state index is 11.4. The van der Waals surface area contributed by atoms with Gasteiger partial charge in [-0.25, -0.2) is 14.8 Å². The molecule has 1 atom stereocenters. The number of hydrogen-bond donors (Lipinski definition) is 2. The van der Waals surface area contributed by atoms with E-state index in [0.717, 1.165) is 10.6 Å². The Bertz CT molecular complexity index is 834. The molecule has 8 heteroatoms. The average molecular weight is 315 g/mol. The number of aromatic carboxylic acids is 1. The van der Waals surface area contributed by atoms with E-state index in [-0.39, 0.29) is 17.7 Å². The molecule has 0 radical (unpaired) electrons. The molecule has 0 fully saturated rings. The van der Waals surface area contributed by atoms with Crippen LogP contribution in [0, 0.1) is 6.92 Å². The number of carboxylic acids is 1. The summed E-state index contributed by atoms with van der Waals surface area (Å²) in [5.41, 5.74) is 1.32. The summed E-state index contributed by atoms with van der Waals surface area (Å²) < 4.78 is 0.490. The van der Waals surface area contributed by atoms with Crippen LogP contribution in [0.15, 0.2) is 24.5 Å². The first-order valence-electron chi connectivity index (χ1n) is 6.59. The van der Waals surface area contributed by atoms with E-state index in [2.05, 4.69) is 25.3 Å². The van der Waals surface area contributed by atoms with E-state index < -0.39 is 5.97 Å². The summed E-state index contributed by atoms with van der Waals surface area (Å²) in [5, 5.41) is 13.2. The number of aryl methyl sites for hydroxylation is 1. The molecule has 0 aliphatic carbocycles. The van der Waals surface area contributed by atoms with Crippen molar-refractivity contribution in [3.8, 4) is 0 Å². The number of nitrogens with one attached hydrogen (secondary N) is 1. The van der Waals surface area contributed by atoms with Gasteiger partial charge in [-0.05, 0) is 25.5 Å². The quantitative estimate of drug-likeness (QED) is 0.763. The fraction of sp³-hybridized carbons (Fsp3) is 0.214. The van der Waals surface area contributed by atoms with Crippen LogP contribution >= 0.6 is 11.3 Å². The average Bonchev–Trinajstić information content (AvgIpc) is 2.87. The van der Waals surface area contributed by atoms with E-state index in [1.807, 2.05) is 26.0 Å². The van der Waals surface area contributed by atoms with Crippen LogP contribution in [-0.2, 0) is 0 Å². The zero-order valence-corrected chi connectivity index (χ0v) is 12.8. The lowest BCUT2D eigenvalue weighted by atomic mass is 10.1. The molecule has 0 saturated heterocycles. The number of aromatic nitrogens is 4. The summed E-state index contributed by atoms with van der Waals surface area (Å²) >= 11 is 1.28. The highest BCUT2D eigenvalue weighted by Gasteiger charge is 2.18. The van der Waals surface area contributed by atoms with Gasteiger partial charge in [-0.1, -0.05) is 6.07 Å². The van der Waals surface area contributed by atoms with Crippen LogP contribution in [0.5, 0.6) is 0 Å². The van der Waals surface area contributed by atoms with Gasteiger partial charge in [-0.15, -0.1) is 11.3 Å². The Balaban J connectivity index is 1.99. The number of pyridine rings is 1. The molecule has 3 heterocycles. The monoisotopic (exact) mass is 315 g/mol. The molecule has 0 spiro atoms. The Morgan fingerprint density at radius 1 is 1.36 bits per heavy atom. The fourth-order valence-corrected chi connectivity index (χ4v) is 2.89. The predicted molar refractivity (Wildman–Crippen MR) is 83.2 cm³/mol. The van der Waals surface area contributed by atoms with Crippen molar-refractivity contribution in [2.24, 2.45) is 0 Å². The van der Waals surface area contributed by atoms with Crippen molar-refractivity contribution in [2.75, 3.05) is 5.32 Å². The van der Waals surface area contributed by atoms with Crippen molar-refractivity contribution in [1.29, 1.82) is 0 Å². The number of carboxylic acid groups (broad SMARTS) is 1. The molecular weight excluding hydrogens is 302 g/mol. The van der Waals surface area contributed by atoms with Gasteiger partial charge < -0.3 is 10.4 Å². The number of fused-ring (bicyclic) bond motifs is 1. The molecule has 0 aliphatic rings. The third-order valence-electron chi connectivity index (χ3n) is 3.09. The lowest BCUT2D eigenvalue weighted by molar-refractivity contribution is 0.0693. The van der Waals surface area contributed by atoms with Gasteiger partial charge in [0.25, 0.3) is 0 Å². The molecule has 3 aromatic rings.